The number of rotatable bonds is 7. The molecule has 0 fully saturated rings. The largest absolute Gasteiger partial charge is 0.506 e. The maximum absolute atomic E-state index is 12.0. The third kappa shape index (κ3) is 4.45. The van der Waals surface area contributed by atoms with Crippen LogP contribution in [-0.4, -0.2) is 10.9 Å². The molecule has 0 aromatic heterocycles. The molecule has 0 spiro atoms. The summed E-state index contributed by atoms with van der Waals surface area (Å²) in [6, 6.07) is 3.57. The fraction of sp³-hybridized carbons (Fsp3) is 0.533. The summed E-state index contributed by atoms with van der Waals surface area (Å²) in [5, 5.41) is 9.87. The molecule has 3 heteroatoms. The van der Waals surface area contributed by atoms with Crippen molar-refractivity contribution in [3.63, 3.8) is 0 Å². The van der Waals surface area contributed by atoms with E-state index in [0.717, 1.165) is 18.4 Å². The summed E-state index contributed by atoms with van der Waals surface area (Å²) in [5.41, 5.74) is 1.42. The van der Waals surface area contributed by atoms with Gasteiger partial charge >= 0.3 is 0 Å². The van der Waals surface area contributed by atoms with E-state index in [9.17, 15) is 9.90 Å². The molecule has 0 saturated heterocycles. The third-order valence-electron chi connectivity index (χ3n) is 3.02. The second kappa shape index (κ2) is 7.57. The first-order valence-corrected chi connectivity index (χ1v) is 7.38. The van der Waals surface area contributed by atoms with Crippen LogP contribution in [0, 0.1) is 6.92 Å². The number of aryl methyl sites for hydroxylation is 1. The van der Waals surface area contributed by atoms with Gasteiger partial charge in [0, 0.05) is 6.42 Å². The zero-order valence-corrected chi connectivity index (χ0v) is 12.7. The van der Waals surface area contributed by atoms with Gasteiger partial charge in [0.25, 0.3) is 0 Å². The Labute approximate surface area is 118 Å². The van der Waals surface area contributed by atoms with Crippen LogP contribution in [0.1, 0.15) is 61.4 Å². The molecule has 0 aliphatic carbocycles. The molecule has 18 heavy (non-hydrogen) atoms. The summed E-state index contributed by atoms with van der Waals surface area (Å²) in [7, 11) is 0. The summed E-state index contributed by atoms with van der Waals surface area (Å²) in [6.45, 7) is 4.09. The molecular weight excluding hydrogens is 292 g/mol. The number of unbranched alkanes of at least 4 members (excludes halogenated alkanes) is 4. The van der Waals surface area contributed by atoms with Gasteiger partial charge in [-0.3, -0.25) is 4.79 Å². The lowest BCUT2D eigenvalue weighted by atomic mass is 10.0. The summed E-state index contributed by atoms with van der Waals surface area (Å²) in [4.78, 5) is 12.0. The topological polar surface area (TPSA) is 37.3 Å². The lowest BCUT2D eigenvalue weighted by Crippen LogP contribution is -2.00. The van der Waals surface area contributed by atoms with Crippen molar-refractivity contribution < 1.29 is 9.90 Å². The van der Waals surface area contributed by atoms with E-state index in [1.54, 1.807) is 6.07 Å². The smallest absolute Gasteiger partial charge is 0.166 e. The maximum Gasteiger partial charge on any atom is 0.166 e. The average Bonchev–Trinajstić information content (AvgIpc) is 2.33. The monoisotopic (exact) mass is 312 g/mol. The summed E-state index contributed by atoms with van der Waals surface area (Å²) < 4.78 is 0.594. The molecule has 0 bridgehead atoms. The Balaban J connectivity index is 2.56. The van der Waals surface area contributed by atoms with E-state index in [1.807, 2.05) is 13.0 Å². The number of ketones is 1. The molecule has 1 aromatic carbocycles. The van der Waals surface area contributed by atoms with Gasteiger partial charge in [-0.15, -0.1) is 0 Å². The van der Waals surface area contributed by atoms with Crippen LogP contribution in [0.4, 0.5) is 0 Å². The second-order valence-corrected chi connectivity index (χ2v) is 5.58. The van der Waals surface area contributed by atoms with Gasteiger partial charge in [0.15, 0.2) is 5.78 Å². The number of carbonyl (C=O) groups is 1. The lowest BCUT2D eigenvalue weighted by molar-refractivity contribution is 0.0976. The number of Topliss-reactive ketones (excluding diaryl/α,β-unsaturated/α-hetero) is 1. The zero-order chi connectivity index (χ0) is 13.5. The van der Waals surface area contributed by atoms with Gasteiger partial charge in [0.05, 0.1) is 10.0 Å². The summed E-state index contributed by atoms with van der Waals surface area (Å²) in [5.74, 6) is 0.104. The van der Waals surface area contributed by atoms with Crippen LogP contribution in [0.15, 0.2) is 16.6 Å². The number of phenolic OH excluding ortho intramolecular Hbond substituents is 1. The van der Waals surface area contributed by atoms with E-state index in [0.29, 0.717) is 16.5 Å². The molecule has 0 saturated carbocycles. The predicted octanol–water partition coefficient (Wildman–Crippen LogP) is 5.01. The highest BCUT2D eigenvalue weighted by atomic mass is 79.9. The van der Waals surface area contributed by atoms with Crippen LogP contribution in [0.25, 0.3) is 0 Å². The van der Waals surface area contributed by atoms with E-state index in [-0.39, 0.29) is 11.5 Å². The first kappa shape index (κ1) is 15.2. The van der Waals surface area contributed by atoms with E-state index in [4.69, 9.17) is 0 Å². The Morgan fingerprint density at radius 2 is 1.89 bits per heavy atom. The van der Waals surface area contributed by atoms with Crippen molar-refractivity contribution >= 4 is 21.7 Å². The predicted molar refractivity (Wildman–Crippen MR) is 78.3 cm³/mol. The second-order valence-electron chi connectivity index (χ2n) is 4.73. The lowest BCUT2D eigenvalue weighted by Gasteiger charge is -2.07. The first-order valence-electron chi connectivity index (χ1n) is 6.58. The highest BCUT2D eigenvalue weighted by molar-refractivity contribution is 9.10. The van der Waals surface area contributed by atoms with Crippen LogP contribution in [0.3, 0.4) is 0 Å². The van der Waals surface area contributed by atoms with Crippen LogP contribution in [0.2, 0.25) is 0 Å². The van der Waals surface area contributed by atoms with Gasteiger partial charge in [-0.05, 0) is 47.0 Å². The molecule has 0 aliphatic heterocycles. The Morgan fingerprint density at radius 1 is 1.22 bits per heavy atom. The normalized spacial score (nSPS) is 10.6. The Morgan fingerprint density at radius 3 is 2.56 bits per heavy atom. The molecule has 2 nitrogen and oxygen atoms in total. The molecule has 1 rings (SSSR count). The summed E-state index contributed by atoms with van der Waals surface area (Å²) >= 11 is 3.27. The van der Waals surface area contributed by atoms with E-state index < -0.39 is 0 Å². The minimum absolute atomic E-state index is 0.0356. The van der Waals surface area contributed by atoms with Gasteiger partial charge in [0.2, 0.25) is 0 Å². The molecule has 0 atom stereocenters. The van der Waals surface area contributed by atoms with Gasteiger partial charge in [0.1, 0.15) is 5.75 Å². The maximum atomic E-state index is 12.0. The molecule has 1 N–H and O–H groups in total. The van der Waals surface area contributed by atoms with E-state index in [2.05, 4.69) is 22.9 Å². The van der Waals surface area contributed by atoms with Crippen molar-refractivity contribution in [1.29, 1.82) is 0 Å². The van der Waals surface area contributed by atoms with Crippen molar-refractivity contribution in [1.82, 2.24) is 0 Å². The molecule has 1 aromatic rings. The number of phenols is 1. The van der Waals surface area contributed by atoms with Crippen molar-refractivity contribution in [2.45, 2.75) is 52.4 Å². The number of halogens is 1. The Kier molecular flexibility index (Phi) is 6.41. The SMILES string of the molecule is CCCCCCCC(=O)c1cc(C)cc(Br)c1O. The van der Waals surface area contributed by atoms with Crippen LogP contribution in [-0.2, 0) is 0 Å². The summed E-state index contributed by atoms with van der Waals surface area (Å²) in [6.07, 6.45) is 6.15. The fourth-order valence-electron chi connectivity index (χ4n) is 1.97. The Hall–Kier alpha value is -0.830. The van der Waals surface area contributed by atoms with Crippen molar-refractivity contribution in [2.24, 2.45) is 0 Å². The number of hydrogen-bond acceptors (Lipinski definition) is 2. The van der Waals surface area contributed by atoms with Gasteiger partial charge < -0.3 is 5.11 Å². The molecule has 0 aliphatic rings. The molecule has 0 heterocycles. The molecule has 0 unspecified atom stereocenters. The Bertz CT molecular complexity index is 413. The van der Waals surface area contributed by atoms with Gasteiger partial charge in [-0.1, -0.05) is 32.6 Å². The first-order chi connectivity index (χ1) is 8.56. The van der Waals surface area contributed by atoms with E-state index >= 15 is 0 Å². The van der Waals surface area contributed by atoms with Crippen molar-refractivity contribution in [3.05, 3.63) is 27.7 Å². The molecule has 100 valence electrons. The minimum Gasteiger partial charge on any atom is -0.506 e. The van der Waals surface area contributed by atoms with Crippen molar-refractivity contribution in [3.8, 4) is 5.75 Å². The van der Waals surface area contributed by atoms with Crippen LogP contribution in [0.5, 0.6) is 5.75 Å². The number of aromatic hydroxyl groups is 1. The standard InChI is InChI=1S/C15H21BrO2/c1-3-4-5-6-7-8-14(17)12-9-11(2)10-13(16)15(12)18/h9-10,18H,3-8H2,1-2H3. The van der Waals surface area contributed by atoms with Gasteiger partial charge in [-0.25, -0.2) is 0 Å². The third-order valence-corrected chi connectivity index (χ3v) is 3.62. The molecule has 0 amide bonds. The fourth-order valence-corrected chi connectivity index (χ4v) is 2.55. The number of hydrogen-bond donors (Lipinski definition) is 1. The zero-order valence-electron chi connectivity index (χ0n) is 11.1. The highest BCUT2D eigenvalue weighted by Gasteiger charge is 2.13. The van der Waals surface area contributed by atoms with Gasteiger partial charge in [-0.2, -0.15) is 0 Å². The average molecular weight is 313 g/mol. The number of benzene rings is 1. The minimum atomic E-state index is 0.0356. The van der Waals surface area contributed by atoms with E-state index in [1.165, 1.54) is 19.3 Å². The van der Waals surface area contributed by atoms with Crippen LogP contribution >= 0.6 is 15.9 Å². The van der Waals surface area contributed by atoms with Crippen LogP contribution < -0.4 is 0 Å². The highest BCUT2D eigenvalue weighted by Crippen LogP contribution is 2.30. The molecular formula is C15H21BrO2. The quantitative estimate of drug-likeness (QED) is 0.568. The van der Waals surface area contributed by atoms with Crippen molar-refractivity contribution in [2.75, 3.05) is 0 Å². The number of carbonyl (C=O) groups excluding carboxylic acids is 1. The molecule has 0 radical (unpaired) electrons.